The van der Waals surface area contributed by atoms with E-state index in [1.807, 2.05) is 0 Å². The summed E-state index contributed by atoms with van der Waals surface area (Å²) in [4.78, 5) is 4.50. The predicted molar refractivity (Wildman–Crippen MR) is 61.8 cm³/mol. The van der Waals surface area contributed by atoms with E-state index in [2.05, 4.69) is 29.6 Å². The summed E-state index contributed by atoms with van der Waals surface area (Å²) in [5.41, 5.74) is 7.30. The molecule has 0 amide bonds. The zero-order valence-corrected chi connectivity index (χ0v) is 9.74. The summed E-state index contributed by atoms with van der Waals surface area (Å²) in [5.74, 6) is 1.87. The Morgan fingerprint density at radius 3 is 3.13 bits per heavy atom. The van der Waals surface area contributed by atoms with E-state index in [0.717, 1.165) is 19.4 Å². The maximum Gasteiger partial charge on any atom is 0.108 e. The molecule has 1 aromatic rings. The molecule has 0 aromatic carbocycles. The average Bonchev–Trinajstić information content (AvgIpc) is 2.61. The monoisotopic (exact) mass is 207 g/mol. The Morgan fingerprint density at radius 2 is 2.47 bits per heavy atom. The summed E-state index contributed by atoms with van der Waals surface area (Å²) in [6, 6.07) is 0.293. The molecule has 0 saturated heterocycles. The first-order valence-corrected chi connectivity index (χ1v) is 6.02. The average molecular weight is 207 g/mol. The smallest absolute Gasteiger partial charge is 0.108 e. The number of hydrogen-bond donors (Lipinski definition) is 1. The number of aromatic nitrogens is 2. The third kappa shape index (κ3) is 2.07. The Hall–Kier alpha value is -0.830. The fourth-order valence-electron chi connectivity index (χ4n) is 2.63. The number of rotatable bonds is 3. The molecule has 0 saturated carbocycles. The van der Waals surface area contributed by atoms with Gasteiger partial charge < -0.3 is 10.3 Å². The minimum absolute atomic E-state index is 0.293. The van der Waals surface area contributed by atoms with E-state index in [1.54, 1.807) is 0 Å². The Labute approximate surface area is 91.7 Å². The Kier molecular flexibility index (Phi) is 3.10. The van der Waals surface area contributed by atoms with E-state index >= 15 is 0 Å². The van der Waals surface area contributed by atoms with Crippen molar-refractivity contribution in [1.29, 1.82) is 0 Å². The number of nitrogens with two attached hydrogens (primary N) is 1. The highest BCUT2D eigenvalue weighted by Gasteiger charge is 2.23. The van der Waals surface area contributed by atoms with E-state index in [-0.39, 0.29) is 0 Å². The van der Waals surface area contributed by atoms with Crippen molar-refractivity contribution >= 4 is 0 Å². The highest BCUT2D eigenvalue weighted by molar-refractivity contribution is 5.13. The third-order valence-electron chi connectivity index (χ3n) is 3.29. The minimum atomic E-state index is 0.293. The Bertz CT molecular complexity index is 328. The number of imidazole rings is 1. The summed E-state index contributed by atoms with van der Waals surface area (Å²) in [5, 5.41) is 0. The van der Waals surface area contributed by atoms with Crippen LogP contribution in [-0.4, -0.2) is 15.6 Å². The fourth-order valence-corrected chi connectivity index (χ4v) is 2.63. The summed E-state index contributed by atoms with van der Waals surface area (Å²) in [7, 11) is 0. The van der Waals surface area contributed by atoms with Crippen LogP contribution in [0.1, 0.15) is 50.5 Å². The molecule has 2 N–H and O–H groups in total. The molecule has 0 spiro atoms. The molecular weight excluding hydrogens is 186 g/mol. The fraction of sp³-hybridized carbons (Fsp3) is 0.750. The standard InChI is InChI=1S/C12H21N3/c1-3-12-14-8-11-10(7-9(2)13)5-4-6-15(11)12/h8-10H,3-7,13H2,1-2H3. The van der Waals surface area contributed by atoms with Gasteiger partial charge in [0.2, 0.25) is 0 Å². The molecule has 0 bridgehead atoms. The summed E-state index contributed by atoms with van der Waals surface area (Å²) < 4.78 is 2.40. The SMILES string of the molecule is CCc1ncc2n1CCCC2CC(C)N. The van der Waals surface area contributed by atoms with Gasteiger partial charge in [0.15, 0.2) is 0 Å². The Balaban J connectivity index is 2.23. The van der Waals surface area contributed by atoms with Crippen LogP contribution in [0.2, 0.25) is 0 Å². The Morgan fingerprint density at radius 1 is 1.67 bits per heavy atom. The lowest BCUT2D eigenvalue weighted by molar-refractivity contribution is 0.410. The maximum atomic E-state index is 5.89. The van der Waals surface area contributed by atoms with Gasteiger partial charge in [-0.3, -0.25) is 0 Å². The van der Waals surface area contributed by atoms with Gasteiger partial charge >= 0.3 is 0 Å². The van der Waals surface area contributed by atoms with Crippen molar-refractivity contribution in [2.45, 2.75) is 58.0 Å². The normalized spacial score (nSPS) is 22.5. The first kappa shape index (κ1) is 10.7. The van der Waals surface area contributed by atoms with Crippen molar-refractivity contribution < 1.29 is 0 Å². The van der Waals surface area contributed by atoms with Crippen molar-refractivity contribution in [1.82, 2.24) is 9.55 Å². The molecule has 0 aliphatic carbocycles. The summed E-state index contributed by atoms with van der Waals surface area (Å²) in [6.45, 7) is 5.41. The molecule has 3 heteroatoms. The zero-order chi connectivity index (χ0) is 10.8. The van der Waals surface area contributed by atoms with Crippen LogP contribution >= 0.6 is 0 Å². The molecule has 3 nitrogen and oxygen atoms in total. The largest absolute Gasteiger partial charge is 0.332 e. The van der Waals surface area contributed by atoms with Crippen molar-refractivity contribution in [3.05, 3.63) is 17.7 Å². The second-order valence-corrected chi connectivity index (χ2v) is 4.66. The van der Waals surface area contributed by atoms with E-state index in [9.17, 15) is 0 Å². The highest BCUT2D eigenvalue weighted by atomic mass is 15.1. The second kappa shape index (κ2) is 4.35. The van der Waals surface area contributed by atoms with Gasteiger partial charge in [-0.15, -0.1) is 0 Å². The predicted octanol–water partition coefficient (Wildman–Crippen LogP) is 2.06. The zero-order valence-electron chi connectivity index (χ0n) is 9.74. The highest BCUT2D eigenvalue weighted by Crippen LogP contribution is 2.31. The van der Waals surface area contributed by atoms with Gasteiger partial charge in [0.05, 0.1) is 0 Å². The number of nitrogens with zero attached hydrogens (tertiary/aromatic N) is 2. The molecule has 2 rings (SSSR count). The molecule has 1 aliphatic rings. The molecule has 1 aliphatic heterocycles. The van der Waals surface area contributed by atoms with E-state index in [0.29, 0.717) is 12.0 Å². The molecule has 1 aromatic heterocycles. The molecule has 15 heavy (non-hydrogen) atoms. The first-order valence-electron chi connectivity index (χ1n) is 6.02. The van der Waals surface area contributed by atoms with Crippen LogP contribution in [0.25, 0.3) is 0 Å². The van der Waals surface area contributed by atoms with Gasteiger partial charge in [-0.05, 0) is 26.2 Å². The van der Waals surface area contributed by atoms with E-state index in [1.165, 1.54) is 24.4 Å². The van der Waals surface area contributed by atoms with Crippen LogP contribution in [0.3, 0.4) is 0 Å². The van der Waals surface area contributed by atoms with Crippen molar-refractivity contribution in [2.24, 2.45) is 5.73 Å². The lowest BCUT2D eigenvalue weighted by Crippen LogP contribution is -2.23. The van der Waals surface area contributed by atoms with Gasteiger partial charge in [0.25, 0.3) is 0 Å². The van der Waals surface area contributed by atoms with E-state index < -0.39 is 0 Å². The lowest BCUT2D eigenvalue weighted by atomic mass is 9.90. The third-order valence-corrected chi connectivity index (χ3v) is 3.29. The second-order valence-electron chi connectivity index (χ2n) is 4.66. The molecule has 2 atom stereocenters. The van der Waals surface area contributed by atoms with Gasteiger partial charge in [-0.2, -0.15) is 0 Å². The van der Waals surface area contributed by atoms with Crippen LogP contribution in [0.4, 0.5) is 0 Å². The van der Waals surface area contributed by atoms with Crippen molar-refractivity contribution in [3.8, 4) is 0 Å². The van der Waals surface area contributed by atoms with Crippen LogP contribution < -0.4 is 5.73 Å². The van der Waals surface area contributed by atoms with Gasteiger partial charge in [-0.1, -0.05) is 6.92 Å². The molecule has 2 unspecified atom stereocenters. The lowest BCUT2D eigenvalue weighted by Gasteiger charge is -2.26. The number of fused-ring (bicyclic) bond motifs is 1. The van der Waals surface area contributed by atoms with Crippen LogP contribution in [-0.2, 0) is 13.0 Å². The quantitative estimate of drug-likeness (QED) is 0.824. The van der Waals surface area contributed by atoms with Gasteiger partial charge in [0, 0.05) is 36.8 Å². The van der Waals surface area contributed by atoms with Crippen molar-refractivity contribution in [2.75, 3.05) is 0 Å². The van der Waals surface area contributed by atoms with E-state index in [4.69, 9.17) is 5.73 Å². The molecule has 2 heterocycles. The van der Waals surface area contributed by atoms with Crippen LogP contribution in [0.15, 0.2) is 6.20 Å². The molecule has 0 fully saturated rings. The maximum absolute atomic E-state index is 5.89. The van der Waals surface area contributed by atoms with Crippen LogP contribution in [0.5, 0.6) is 0 Å². The molecular formula is C12H21N3. The number of hydrogen-bond acceptors (Lipinski definition) is 2. The first-order chi connectivity index (χ1) is 7.22. The van der Waals surface area contributed by atoms with Gasteiger partial charge in [-0.25, -0.2) is 4.98 Å². The number of aryl methyl sites for hydroxylation is 1. The van der Waals surface area contributed by atoms with Crippen molar-refractivity contribution in [3.63, 3.8) is 0 Å². The minimum Gasteiger partial charge on any atom is -0.332 e. The topological polar surface area (TPSA) is 43.8 Å². The summed E-state index contributed by atoms with van der Waals surface area (Å²) in [6.07, 6.45) is 6.73. The van der Waals surface area contributed by atoms with Gasteiger partial charge in [0.1, 0.15) is 5.82 Å². The van der Waals surface area contributed by atoms with Crippen LogP contribution in [0, 0.1) is 0 Å². The summed E-state index contributed by atoms with van der Waals surface area (Å²) >= 11 is 0. The molecule has 84 valence electrons. The molecule has 0 radical (unpaired) electrons.